The molecule has 1 aliphatic heterocycles. The van der Waals surface area contributed by atoms with Gasteiger partial charge in [-0.3, -0.25) is 4.99 Å². The van der Waals surface area contributed by atoms with E-state index >= 15 is 0 Å². The lowest BCUT2D eigenvalue weighted by Gasteiger charge is -2.27. The normalized spacial score (nSPS) is 18.4. The van der Waals surface area contributed by atoms with Crippen LogP contribution in [0.1, 0.15) is 24.9 Å². The van der Waals surface area contributed by atoms with E-state index in [9.17, 15) is 0 Å². The average molecular weight is 341 g/mol. The van der Waals surface area contributed by atoms with Gasteiger partial charge in [-0.1, -0.05) is 43.3 Å². The topological polar surface area (TPSA) is 59.6 Å². The van der Waals surface area contributed by atoms with Crippen molar-refractivity contribution in [1.29, 1.82) is 0 Å². The van der Waals surface area contributed by atoms with Crippen molar-refractivity contribution in [2.45, 2.75) is 29.5 Å². The lowest BCUT2D eigenvalue weighted by molar-refractivity contribution is 0.262. The zero-order valence-electron chi connectivity index (χ0n) is 13.8. The molecule has 4 nitrogen and oxygen atoms in total. The fourth-order valence-electron chi connectivity index (χ4n) is 2.71. The van der Waals surface area contributed by atoms with Crippen molar-refractivity contribution in [2.75, 3.05) is 13.2 Å². The molecule has 24 heavy (non-hydrogen) atoms. The highest BCUT2D eigenvalue weighted by Gasteiger charge is 2.21. The number of ether oxygens (including phenoxy) is 1. The van der Waals surface area contributed by atoms with Crippen LogP contribution in [0.2, 0.25) is 0 Å². The molecule has 2 atom stereocenters. The van der Waals surface area contributed by atoms with E-state index in [1.807, 2.05) is 36.0 Å². The molecule has 3 rings (SSSR count). The van der Waals surface area contributed by atoms with Crippen molar-refractivity contribution < 1.29 is 4.74 Å². The number of para-hydroxylation sites is 1. The molecular formula is C19H23N3OS. The van der Waals surface area contributed by atoms with Gasteiger partial charge in [-0.25, -0.2) is 0 Å². The van der Waals surface area contributed by atoms with Gasteiger partial charge < -0.3 is 15.8 Å². The van der Waals surface area contributed by atoms with E-state index in [2.05, 4.69) is 47.6 Å². The van der Waals surface area contributed by atoms with E-state index in [4.69, 9.17) is 10.5 Å². The number of fused-ring (bicyclic) bond motifs is 1. The van der Waals surface area contributed by atoms with Crippen molar-refractivity contribution in [3.05, 3.63) is 60.2 Å². The smallest absolute Gasteiger partial charge is 0.189 e. The Kier molecular flexibility index (Phi) is 5.64. The van der Waals surface area contributed by atoms with Crippen molar-refractivity contribution in [2.24, 2.45) is 10.7 Å². The SMILES string of the molecule is CC(CN=C(N)NC1CCOc2ccccc21)Sc1ccccc1. The zero-order chi connectivity index (χ0) is 16.8. The Labute approximate surface area is 147 Å². The highest BCUT2D eigenvalue weighted by Crippen LogP contribution is 2.31. The monoisotopic (exact) mass is 341 g/mol. The summed E-state index contributed by atoms with van der Waals surface area (Å²) in [6.07, 6.45) is 0.890. The lowest BCUT2D eigenvalue weighted by Crippen LogP contribution is -2.37. The second kappa shape index (κ2) is 8.11. The molecule has 1 heterocycles. The highest BCUT2D eigenvalue weighted by atomic mass is 32.2. The van der Waals surface area contributed by atoms with E-state index < -0.39 is 0 Å². The Hall–Kier alpha value is -2.14. The molecule has 0 saturated carbocycles. The average Bonchev–Trinajstić information content (AvgIpc) is 2.61. The molecule has 0 amide bonds. The Balaban J connectivity index is 1.55. The van der Waals surface area contributed by atoms with Crippen molar-refractivity contribution in [3.8, 4) is 5.75 Å². The number of nitrogens with two attached hydrogens (primary N) is 1. The number of guanidine groups is 1. The molecule has 3 N–H and O–H groups in total. The van der Waals surface area contributed by atoms with Crippen LogP contribution in [0.3, 0.4) is 0 Å². The molecule has 0 spiro atoms. The molecule has 0 bridgehead atoms. The minimum Gasteiger partial charge on any atom is -0.493 e. The predicted molar refractivity (Wildman–Crippen MR) is 101 cm³/mol. The number of hydrogen-bond acceptors (Lipinski definition) is 3. The summed E-state index contributed by atoms with van der Waals surface area (Å²) in [5.74, 6) is 1.43. The Morgan fingerprint density at radius 3 is 2.83 bits per heavy atom. The van der Waals surface area contributed by atoms with Gasteiger partial charge in [0.1, 0.15) is 5.75 Å². The summed E-state index contributed by atoms with van der Waals surface area (Å²) in [6, 6.07) is 18.6. The van der Waals surface area contributed by atoms with Gasteiger partial charge >= 0.3 is 0 Å². The molecule has 1 aliphatic rings. The number of rotatable bonds is 5. The number of nitrogens with zero attached hydrogens (tertiary/aromatic N) is 1. The summed E-state index contributed by atoms with van der Waals surface area (Å²) in [4.78, 5) is 5.76. The fourth-order valence-corrected chi connectivity index (χ4v) is 3.64. The van der Waals surface area contributed by atoms with Gasteiger partial charge in [0.15, 0.2) is 5.96 Å². The van der Waals surface area contributed by atoms with Gasteiger partial charge in [-0.05, 0) is 18.2 Å². The maximum absolute atomic E-state index is 6.09. The molecular weight excluding hydrogens is 318 g/mol. The summed E-state index contributed by atoms with van der Waals surface area (Å²) in [7, 11) is 0. The molecule has 2 aromatic carbocycles. The third-order valence-electron chi connectivity index (χ3n) is 3.88. The van der Waals surface area contributed by atoms with E-state index in [0.29, 0.717) is 24.4 Å². The molecule has 2 unspecified atom stereocenters. The summed E-state index contributed by atoms with van der Waals surface area (Å²) in [6.45, 7) is 3.55. The quantitative estimate of drug-likeness (QED) is 0.496. The molecule has 0 aliphatic carbocycles. The van der Waals surface area contributed by atoms with Crippen LogP contribution in [0.5, 0.6) is 5.75 Å². The predicted octanol–water partition coefficient (Wildman–Crippen LogP) is 3.60. The Morgan fingerprint density at radius 1 is 1.25 bits per heavy atom. The van der Waals surface area contributed by atoms with Gasteiger partial charge in [-0.15, -0.1) is 11.8 Å². The van der Waals surface area contributed by atoms with E-state index in [-0.39, 0.29) is 6.04 Å². The Morgan fingerprint density at radius 2 is 2.00 bits per heavy atom. The van der Waals surface area contributed by atoms with E-state index in [0.717, 1.165) is 17.7 Å². The molecule has 126 valence electrons. The van der Waals surface area contributed by atoms with E-state index in [1.165, 1.54) is 4.90 Å². The molecule has 5 heteroatoms. The second-order valence-corrected chi connectivity index (χ2v) is 7.35. The van der Waals surface area contributed by atoms with Crippen LogP contribution in [0.4, 0.5) is 0 Å². The van der Waals surface area contributed by atoms with Crippen LogP contribution in [0, 0.1) is 0 Å². The number of hydrogen-bond donors (Lipinski definition) is 2. The summed E-state index contributed by atoms with van der Waals surface area (Å²) in [5, 5.41) is 3.70. The third kappa shape index (κ3) is 4.45. The van der Waals surface area contributed by atoms with Crippen LogP contribution < -0.4 is 15.8 Å². The molecule has 0 radical (unpaired) electrons. The highest BCUT2D eigenvalue weighted by molar-refractivity contribution is 8.00. The van der Waals surface area contributed by atoms with Crippen molar-refractivity contribution in [1.82, 2.24) is 5.32 Å². The number of benzene rings is 2. The number of nitrogens with one attached hydrogen (secondary N) is 1. The van der Waals surface area contributed by atoms with Crippen molar-refractivity contribution >= 4 is 17.7 Å². The minimum atomic E-state index is 0.163. The minimum absolute atomic E-state index is 0.163. The van der Waals surface area contributed by atoms with Crippen LogP contribution in [0.25, 0.3) is 0 Å². The molecule has 0 saturated heterocycles. The first kappa shape index (κ1) is 16.7. The van der Waals surface area contributed by atoms with Gasteiger partial charge in [0, 0.05) is 22.1 Å². The first-order valence-electron chi connectivity index (χ1n) is 8.22. The Bertz CT molecular complexity index is 690. The first-order chi connectivity index (χ1) is 11.7. The van der Waals surface area contributed by atoms with Crippen LogP contribution in [-0.4, -0.2) is 24.4 Å². The fraction of sp³-hybridized carbons (Fsp3) is 0.316. The van der Waals surface area contributed by atoms with Crippen LogP contribution >= 0.6 is 11.8 Å². The number of thioether (sulfide) groups is 1. The van der Waals surface area contributed by atoms with Crippen LogP contribution in [0.15, 0.2) is 64.5 Å². The molecule has 0 fully saturated rings. The maximum Gasteiger partial charge on any atom is 0.189 e. The van der Waals surface area contributed by atoms with Gasteiger partial charge in [0.2, 0.25) is 0 Å². The zero-order valence-corrected chi connectivity index (χ0v) is 14.6. The van der Waals surface area contributed by atoms with Crippen molar-refractivity contribution in [3.63, 3.8) is 0 Å². The van der Waals surface area contributed by atoms with E-state index in [1.54, 1.807) is 0 Å². The molecule has 0 aromatic heterocycles. The second-order valence-electron chi connectivity index (χ2n) is 5.84. The molecule has 2 aromatic rings. The third-order valence-corrected chi connectivity index (χ3v) is 4.98. The summed E-state index contributed by atoms with van der Waals surface area (Å²) >= 11 is 1.81. The summed E-state index contributed by atoms with van der Waals surface area (Å²) in [5.41, 5.74) is 7.24. The number of aliphatic imine (C=N–C) groups is 1. The first-order valence-corrected chi connectivity index (χ1v) is 9.10. The van der Waals surface area contributed by atoms with Gasteiger partial charge in [0.25, 0.3) is 0 Å². The maximum atomic E-state index is 6.09. The van der Waals surface area contributed by atoms with Crippen LogP contribution in [-0.2, 0) is 0 Å². The largest absolute Gasteiger partial charge is 0.493 e. The standard InChI is InChI=1S/C19H23N3OS/c1-14(24-15-7-3-2-4-8-15)13-21-19(20)22-17-11-12-23-18-10-6-5-9-16(17)18/h2-10,14,17H,11-13H2,1H3,(H3,20,21,22). The van der Waals surface area contributed by atoms with Gasteiger partial charge in [0.05, 0.1) is 19.2 Å². The van der Waals surface area contributed by atoms with Gasteiger partial charge in [-0.2, -0.15) is 0 Å². The lowest BCUT2D eigenvalue weighted by atomic mass is 10.0. The summed E-state index contributed by atoms with van der Waals surface area (Å²) < 4.78 is 5.68.